The van der Waals surface area contributed by atoms with Crippen LogP contribution in [0.1, 0.15) is 29.7 Å². The first-order valence-electron chi connectivity index (χ1n) is 7.84. The maximum absolute atomic E-state index is 12.3. The fourth-order valence-electron chi connectivity index (χ4n) is 3.11. The van der Waals surface area contributed by atoms with Crippen molar-refractivity contribution in [3.05, 3.63) is 47.0 Å². The number of ether oxygens (including phenoxy) is 2. The Labute approximate surface area is 143 Å². The Bertz CT molecular complexity index is 771. The molecule has 0 radical (unpaired) electrons. The highest BCUT2D eigenvalue weighted by Gasteiger charge is 2.31. The zero-order valence-electron chi connectivity index (χ0n) is 13.6. The van der Waals surface area contributed by atoms with Crippen molar-refractivity contribution < 1.29 is 27.8 Å². The molecular weight excluding hydrogens is 335 g/mol. The van der Waals surface area contributed by atoms with Crippen molar-refractivity contribution in [2.75, 3.05) is 6.61 Å². The average molecular weight is 353 g/mol. The van der Waals surface area contributed by atoms with Crippen molar-refractivity contribution in [3.63, 3.8) is 0 Å². The van der Waals surface area contributed by atoms with Gasteiger partial charge in [0.05, 0.1) is 13.2 Å². The molecule has 0 fully saturated rings. The normalized spacial score (nSPS) is 14.8. The Balaban J connectivity index is 2.05. The Kier molecular flexibility index (Phi) is 4.62. The van der Waals surface area contributed by atoms with Crippen molar-refractivity contribution in [2.45, 2.75) is 32.4 Å². The predicted molar refractivity (Wildman–Crippen MR) is 86.3 cm³/mol. The maximum Gasteiger partial charge on any atom is 0.573 e. The number of alkyl halides is 3. The van der Waals surface area contributed by atoms with Crippen molar-refractivity contribution in [3.8, 4) is 22.6 Å². The molecule has 1 atom stereocenters. The quantitative estimate of drug-likeness (QED) is 0.880. The lowest BCUT2D eigenvalue weighted by Crippen LogP contribution is -2.16. The highest BCUT2D eigenvalue weighted by Crippen LogP contribution is 2.42. The summed E-state index contributed by atoms with van der Waals surface area (Å²) in [6.07, 6.45) is -4.06. The van der Waals surface area contributed by atoms with E-state index in [1.165, 1.54) is 12.1 Å². The second-order valence-corrected chi connectivity index (χ2v) is 5.92. The second-order valence-electron chi connectivity index (χ2n) is 5.92. The molecule has 0 aliphatic carbocycles. The largest absolute Gasteiger partial charge is 0.573 e. The maximum atomic E-state index is 12.3. The summed E-state index contributed by atoms with van der Waals surface area (Å²) in [6.45, 7) is 2.18. The number of hydrogen-bond donors (Lipinski definition) is 2. The van der Waals surface area contributed by atoms with E-state index in [0.29, 0.717) is 24.3 Å². The number of nitrogens with two attached hydrogens (primary N) is 1. The first-order valence-corrected chi connectivity index (χ1v) is 7.84. The molecule has 3 N–H and O–H groups in total. The van der Waals surface area contributed by atoms with Crippen LogP contribution < -0.4 is 15.2 Å². The summed E-state index contributed by atoms with van der Waals surface area (Å²) in [7, 11) is 0. The SMILES string of the molecule is CC(N)c1cc(-c2ccc(OC(F)(F)F)cc2)c2c(c1CO)CCO2. The molecule has 0 saturated heterocycles. The van der Waals surface area contributed by atoms with Crippen molar-refractivity contribution in [1.29, 1.82) is 0 Å². The Morgan fingerprint density at radius 1 is 1.28 bits per heavy atom. The van der Waals surface area contributed by atoms with Crippen LogP contribution in [0, 0.1) is 0 Å². The van der Waals surface area contributed by atoms with Gasteiger partial charge >= 0.3 is 6.36 Å². The lowest BCUT2D eigenvalue weighted by Gasteiger charge is -2.18. The number of aliphatic hydroxyl groups is 1. The molecule has 0 amide bonds. The Hall–Kier alpha value is -2.25. The summed E-state index contributed by atoms with van der Waals surface area (Å²) in [6, 6.07) is 7.15. The lowest BCUT2D eigenvalue weighted by atomic mass is 9.90. The molecular formula is C18H18F3NO3. The van der Waals surface area contributed by atoms with Crippen LogP contribution in [0.15, 0.2) is 30.3 Å². The van der Waals surface area contributed by atoms with Crippen molar-refractivity contribution in [1.82, 2.24) is 0 Å². The molecule has 1 aliphatic rings. The molecule has 25 heavy (non-hydrogen) atoms. The van der Waals surface area contributed by atoms with Crippen LogP contribution in [0.2, 0.25) is 0 Å². The van der Waals surface area contributed by atoms with E-state index in [1.807, 2.05) is 13.0 Å². The van der Waals surface area contributed by atoms with Crippen LogP contribution in [0.4, 0.5) is 13.2 Å². The van der Waals surface area contributed by atoms with Crippen LogP contribution in [-0.4, -0.2) is 18.1 Å². The summed E-state index contributed by atoms with van der Waals surface area (Å²) >= 11 is 0. The monoisotopic (exact) mass is 353 g/mol. The topological polar surface area (TPSA) is 64.7 Å². The molecule has 4 nitrogen and oxygen atoms in total. The van der Waals surface area contributed by atoms with Gasteiger partial charge in [-0.15, -0.1) is 13.2 Å². The molecule has 1 heterocycles. The molecule has 3 rings (SSSR count). The highest BCUT2D eigenvalue weighted by atomic mass is 19.4. The lowest BCUT2D eigenvalue weighted by molar-refractivity contribution is -0.274. The summed E-state index contributed by atoms with van der Waals surface area (Å²) in [4.78, 5) is 0. The van der Waals surface area contributed by atoms with E-state index >= 15 is 0 Å². The number of halogens is 3. The molecule has 2 aromatic carbocycles. The molecule has 134 valence electrons. The van der Waals surface area contributed by atoms with E-state index in [4.69, 9.17) is 10.5 Å². The van der Waals surface area contributed by atoms with Gasteiger partial charge in [0.1, 0.15) is 11.5 Å². The average Bonchev–Trinajstić information content (AvgIpc) is 3.02. The van der Waals surface area contributed by atoms with Crippen LogP contribution in [0.3, 0.4) is 0 Å². The Morgan fingerprint density at radius 3 is 2.52 bits per heavy atom. The van der Waals surface area contributed by atoms with Gasteiger partial charge in [0.2, 0.25) is 0 Å². The third-order valence-corrected chi connectivity index (χ3v) is 4.18. The second kappa shape index (κ2) is 6.57. The zero-order valence-corrected chi connectivity index (χ0v) is 13.6. The number of fused-ring (bicyclic) bond motifs is 1. The van der Waals surface area contributed by atoms with Crippen molar-refractivity contribution >= 4 is 0 Å². The smallest absolute Gasteiger partial charge is 0.492 e. The third kappa shape index (κ3) is 3.57. The molecule has 0 saturated carbocycles. The molecule has 2 aromatic rings. The van der Waals surface area contributed by atoms with Gasteiger partial charge in [-0.3, -0.25) is 0 Å². The van der Waals surface area contributed by atoms with Crippen LogP contribution in [-0.2, 0) is 13.0 Å². The molecule has 7 heteroatoms. The standard InChI is InChI=1S/C18H18F3NO3/c1-10(22)14-8-15(17-13(6-7-24-17)16(14)9-23)11-2-4-12(5-3-11)25-18(19,20)21/h2-5,8,10,23H,6-7,9,22H2,1H3. The minimum atomic E-state index is -4.73. The number of rotatable bonds is 4. The summed E-state index contributed by atoms with van der Waals surface area (Å²) in [5.74, 6) is 0.367. The minimum absolute atomic E-state index is 0.138. The minimum Gasteiger partial charge on any atom is -0.492 e. The Morgan fingerprint density at radius 2 is 1.96 bits per heavy atom. The highest BCUT2D eigenvalue weighted by molar-refractivity contribution is 5.76. The molecule has 0 bridgehead atoms. The number of benzene rings is 2. The number of hydrogen-bond acceptors (Lipinski definition) is 4. The van der Waals surface area contributed by atoms with Crippen LogP contribution >= 0.6 is 0 Å². The molecule has 1 aliphatic heterocycles. The van der Waals surface area contributed by atoms with Gasteiger partial charge in [0.25, 0.3) is 0 Å². The van der Waals surface area contributed by atoms with Crippen LogP contribution in [0.5, 0.6) is 11.5 Å². The van der Waals surface area contributed by atoms with Gasteiger partial charge in [0.15, 0.2) is 0 Å². The first kappa shape index (κ1) is 17.6. The van der Waals surface area contributed by atoms with Gasteiger partial charge in [-0.05, 0) is 41.8 Å². The molecule has 1 unspecified atom stereocenters. The summed E-state index contributed by atoms with van der Waals surface area (Å²) in [5.41, 5.74) is 9.94. The summed E-state index contributed by atoms with van der Waals surface area (Å²) < 4.78 is 46.5. The molecule has 0 aromatic heterocycles. The van der Waals surface area contributed by atoms with E-state index < -0.39 is 6.36 Å². The van der Waals surface area contributed by atoms with E-state index in [2.05, 4.69) is 4.74 Å². The van der Waals surface area contributed by atoms with Gasteiger partial charge in [-0.1, -0.05) is 12.1 Å². The zero-order chi connectivity index (χ0) is 18.2. The van der Waals surface area contributed by atoms with Gasteiger partial charge < -0.3 is 20.3 Å². The van der Waals surface area contributed by atoms with Gasteiger partial charge in [-0.2, -0.15) is 0 Å². The third-order valence-electron chi connectivity index (χ3n) is 4.18. The van der Waals surface area contributed by atoms with E-state index in [1.54, 1.807) is 12.1 Å². The first-order chi connectivity index (χ1) is 11.8. The van der Waals surface area contributed by atoms with E-state index in [9.17, 15) is 18.3 Å². The molecule has 0 spiro atoms. The van der Waals surface area contributed by atoms with Gasteiger partial charge in [-0.25, -0.2) is 0 Å². The fourth-order valence-corrected chi connectivity index (χ4v) is 3.11. The fraction of sp³-hybridized carbons (Fsp3) is 0.333. The van der Waals surface area contributed by atoms with Crippen LogP contribution in [0.25, 0.3) is 11.1 Å². The predicted octanol–water partition coefficient (Wildman–Crippen LogP) is 3.70. The number of aliphatic hydroxyl groups excluding tert-OH is 1. The van der Waals surface area contributed by atoms with E-state index in [-0.39, 0.29) is 18.4 Å². The van der Waals surface area contributed by atoms with E-state index in [0.717, 1.165) is 22.3 Å². The summed E-state index contributed by atoms with van der Waals surface area (Å²) in [5, 5.41) is 9.70. The van der Waals surface area contributed by atoms with Gasteiger partial charge in [0, 0.05) is 23.6 Å². The van der Waals surface area contributed by atoms with Crippen molar-refractivity contribution in [2.24, 2.45) is 5.73 Å².